The van der Waals surface area contributed by atoms with Crippen LogP contribution in [0.3, 0.4) is 0 Å². The Morgan fingerprint density at radius 1 is 1.03 bits per heavy atom. The highest BCUT2D eigenvalue weighted by molar-refractivity contribution is 6.01. The molecule has 0 radical (unpaired) electrons. The lowest BCUT2D eigenvalue weighted by Crippen LogP contribution is -2.36. The molecule has 0 aliphatic carbocycles. The summed E-state index contributed by atoms with van der Waals surface area (Å²) in [5, 5.41) is 2.98. The molecule has 0 aromatic heterocycles. The second-order valence-corrected chi connectivity index (χ2v) is 8.03. The van der Waals surface area contributed by atoms with Crippen molar-refractivity contribution in [1.29, 1.82) is 0 Å². The molecule has 0 bridgehead atoms. The highest BCUT2D eigenvalue weighted by Crippen LogP contribution is 2.49. The van der Waals surface area contributed by atoms with Gasteiger partial charge in [0.2, 0.25) is 12.5 Å². The van der Waals surface area contributed by atoms with Gasteiger partial charge >= 0.3 is 0 Å². The summed E-state index contributed by atoms with van der Waals surface area (Å²) in [5.41, 5.74) is 4.76. The molecule has 2 aliphatic heterocycles. The van der Waals surface area contributed by atoms with Gasteiger partial charge in [-0.15, -0.1) is 0 Å². The predicted molar refractivity (Wildman–Crippen MR) is 123 cm³/mol. The van der Waals surface area contributed by atoms with Crippen molar-refractivity contribution in [1.82, 2.24) is 10.2 Å². The molecular weight excluding hydrogens is 420 g/mol. The average Bonchev–Trinajstić information content (AvgIpc) is 3.34. The van der Waals surface area contributed by atoms with Gasteiger partial charge in [0.1, 0.15) is 0 Å². The van der Waals surface area contributed by atoms with E-state index in [9.17, 15) is 9.59 Å². The highest BCUT2D eigenvalue weighted by Gasteiger charge is 2.36. The second-order valence-electron chi connectivity index (χ2n) is 8.03. The highest BCUT2D eigenvalue weighted by atomic mass is 16.7. The van der Waals surface area contributed by atoms with Gasteiger partial charge in [0, 0.05) is 31.3 Å². The van der Waals surface area contributed by atoms with Gasteiger partial charge in [-0.1, -0.05) is 42.5 Å². The third-order valence-corrected chi connectivity index (χ3v) is 6.13. The smallest absolute Gasteiger partial charge is 0.257 e. The van der Waals surface area contributed by atoms with E-state index in [0.717, 1.165) is 22.3 Å². The third-order valence-electron chi connectivity index (χ3n) is 6.13. The second kappa shape index (κ2) is 8.50. The van der Waals surface area contributed by atoms with Gasteiger partial charge in [-0.25, -0.2) is 0 Å². The number of ether oxygens (including phenoxy) is 3. The van der Waals surface area contributed by atoms with Crippen LogP contribution in [0.2, 0.25) is 0 Å². The van der Waals surface area contributed by atoms with E-state index >= 15 is 0 Å². The molecule has 0 atom stereocenters. The number of amides is 2. The Balaban J connectivity index is 1.42. The molecule has 0 fully saturated rings. The molecule has 168 valence electrons. The molecular formula is C26H24N2O5. The Kier molecular flexibility index (Phi) is 5.38. The van der Waals surface area contributed by atoms with Crippen LogP contribution >= 0.6 is 0 Å². The predicted octanol–water partition coefficient (Wildman–Crippen LogP) is 3.65. The Morgan fingerprint density at radius 3 is 2.45 bits per heavy atom. The summed E-state index contributed by atoms with van der Waals surface area (Å²) < 4.78 is 16.9. The van der Waals surface area contributed by atoms with E-state index in [1.165, 1.54) is 7.11 Å². The molecule has 7 heteroatoms. The Bertz CT molecular complexity index is 1220. The Hall–Kier alpha value is -4.00. The quantitative estimate of drug-likeness (QED) is 0.650. The molecule has 2 heterocycles. The number of methoxy groups -OCH3 is 1. The fraction of sp³-hybridized carbons (Fsp3) is 0.231. The maximum Gasteiger partial charge on any atom is 0.257 e. The molecule has 0 saturated heterocycles. The molecule has 2 amide bonds. The van der Waals surface area contributed by atoms with Gasteiger partial charge in [0.05, 0.1) is 12.7 Å². The van der Waals surface area contributed by atoms with E-state index in [4.69, 9.17) is 14.2 Å². The monoisotopic (exact) mass is 444 g/mol. The number of hydrogen-bond donors (Lipinski definition) is 1. The van der Waals surface area contributed by atoms with Gasteiger partial charge in [0.25, 0.3) is 11.8 Å². The minimum Gasteiger partial charge on any atom is -0.492 e. The molecule has 0 spiro atoms. The summed E-state index contributed by atoms with van der Waals surface area (Å²) in [4.78, 5) is 27.5. The Morgan fingerprint density at radius 2 is 1.73 bits per heavy atom. The lowest BCUT2D eigenvalue weighted by Gasteiger charge is -2.29. The van der Waals surface area contributed by atoms with Gasteiger partial charge in [-0.05, 0) is 35.2 Å². The van der Waals surface area contributed by atoms with Gasteiger partial charge < -0.3 is 24.4 Å². The number of hydrogen-bond acceptors (Lipinski definition) is 5. The largest absolute Gasteiger partial charge is 0.492 e. The van der Waals surface area contributed by atoms with E-state index in [-0.39, 0.29) is 25.2 Å². The molecule has 3 aromatic rings. The summed E-state index contributed by atoms with van der Waals surface area (Å²) in [6.45, 7) is 0.839. The van der Waals surface area contributed by atoms with Crippen LogP contribution in [0.25, 0.3) is 11.1 Å². The number of nitrogens with zero attached hydrogens (tertiary/aromatic N) is 1. The molecule has 5 rings (SSSR count). The van der Waals surface area contributed by atoms with Crippen LogP contribution in [0.1, 0.15) is 31.8 Å². The zero-order valence-corrected chi connectivity index (χ0v) is 18.5. The number of carbonyl (C=O) groups is 2. The van der Waals surface area contributed by atoms with Crippen LogP contribution in [0.4, 0.5) is 0 Å². The maximum absolute atomic E-state index is 12.9. The SMILES string of the molecule is COc1c2c(c(CNC(=O)c3ccc(-c4ccccc4)cc3)c3c1C(=O)N(C)CC3)OCO2. The summed E-state index contributed by atoms with van der Waals surface area (Å²) in [5.74, 6) is 1.00. The van der Waals surface area contributed by atoms with Crippen molar-refractivity contribution in [3.8, 4) is 28.4 Å². The first kappa shape index (κ1) is 20.9. The van der Waals surface area contributed by atoms with E-state index < -0.39 is 0 Å². The number of carbonyl (C=O) groups excluding carboxylic acids is 2. The van der Waals surface area contributed by atoms with Crippen molar-refractivity contribution in [3.63, 3.8) is 0 Å². The number of nitrogens with one attached hydrogen (secondary N) is 1. The maximum atomic E-state index is 12.9. The third kappa shape index (κ3) is 3.65. The normalized spacial score (nSPS) is 14.1. The van der Waals surface area contributed by atoms with Crippen molar-refractivity contribution >= 4 is 11.8 Å². The topological polar surface area (TPSA) is 77.1 Å². The fourth-order valence-corrected chi connectivity index (χ4v) is 4.38. The van der Waals surface area contributed by atoms with Gasteiger partial charge in [-0.2, -0.15) is 0 Å². The first-order valence-corrected chi connectivity index (χ1v) is 10.8. The number of benzene rings is 3. The van der Waals surface area contributed by atoms with Crippen molar-refractivity contribution in [3.05, 3.63) is 76.9 Å². The standard InChI is InChI=1S/C26H24N2O5/c1-28-13-12-19-20(22-24(33-15-32-22)23(31-2)21(19)26(28)30)14-27-25(29)18-10-8-17(9-11-18)16-6-4-3-5-7-16/h3-11H,12-15H2,1-2H3,(H,27,29). The van der Waals surface area contributed by atoms with Crippen molar-refractivity contribution < 1.29 is 23.8 Å². The van der Waals surface area contributed by atoms with Crippen LogP contribution in [0.15, 0.2) is 54.6 Å². The lowest BCUT2D eigenvalue weighted by molar-refractivity contribution is 0.0775. The van der Waals surface area contributed by atoms with Crippen LogP contribution in [-0.2, 0) is 13.0 Å². The van der Waals surface area contributed by atoms with Crippen molar-refractivity contribution in [2.45, 2.75) is 13.0 Å². The van der Waals surface area contributed by atoms with Crippen LogP contribution in [0, 0.1) is 0 Å². The molecule has 0 saturated carbocycles. The Labute approximate surface area is 191 Å². The number of rotatable bonds is 5. The minimum atomic E-state index is -0.203. The van der Waals surface area contributed by atoms with E-state index in [2.05, 4.69) is 5.32 Å². The summed E-state index contributed by atoms with van der Waals surface area (Å²) in [6.07, 6.45) is 0.640. The summed E-state index contributed by atoms with van der Waals surface area (Å²) in [7, 11) is 3.27. The fourth-order valence-electron chi connectivity index (χ4n) is 4.38. The van der Waals surface area contributed by atoms with Crippen molar-refractivity contribution in [2.75, 3.05) is 27.5 Å². The molecule has 33 heavy (non-hydrogen) atoms. The first-order valence-electron chi connectivity index (χ1n) is 10.8. The summed E-state index contributed by atoms with van der Waals surface area (Å²) in [6, 6.07) is 17.5. The zero-order valence-electron chi connectivity index (χ0n) is 18.5. The first-order chi connectivity index (χ1) is 16.1. The molecule has 1 N–H and O–H groups in total. The zero-order chi connectivity index (χ0) is 22.9. The lowest BCUT2D eigenvalue weighted by atomic mass is 9.91. The van der Waals surface area contributed by atoms with E-state index in [1.807, 2.05) is 54.6 Å². The van der Waals surface area contributed by atoms with Crippen molar-refractivity contribution in [2.24, 2.45) is 0 Å². The summed E-state index contributed by atoms with van der Waals surface area (Å²) >= 11 is 0. The van der Waals surface area contributed by atoms with E-state index in [0.29, 0.717) is 41.3 Å². The van der Waals surface area contributed by atoms with Crippen LogP contribution in [-0.4, -0.2) is 44.2 Å². The molecule has 2 aliphatic rings. The molecule has 0 unspecified atom stereocenters. The molecule has 7 nitrogen and oxygen atoms in total. The van der Waals surface area contributed by atoms with Crippen LogP contribution < -0.4 is 19.5 Å². The van der Waals surface area contributed by atoms with E-state index in [1.54, 1.807) is 11.9 Å². The molecule has 3 aromatic carbocycles. The van der Waals surface area contributed by atoms with Gasteiger partial charge in [-0.3, -0.25) is 9.59 Å². The average molecular weight is 444 g/mol. The minimum absolute atomic E-state index is 0.0422. The number of likely N-dealkylation sites (N-methyl/N-ethyl adjacent to an activating group) is 1. The number of fused-ring (bicyclic) bond motifs is 2. The van der Waals surface area contributed by atoms with Crippen LogP contribution in [0.5, 0.6) is 17.2 Å². The van der Waals surface area contributed by atoms with Gasteiger partial charge in [0.15, 0.2) is 11.5 Å².